The van der Waals surface area contributed by atoms with Crippen LogP contribution in [0.25, 0.3) is 10.9 Å². The minimum absolute atomic E-state index is 0.0566. The molecule has 3 aromatic rings. The van der Waals surface area contributed by atoms with E-state index < -0.39 is 0 Å². The van der Waals surface area contributed by atoms with E-state index in [-0.39, 0.29) is 11.7 Å². The molecule has 4 heteroatoms. The van der Waals surface area contributed by atoms with Crippen LogP contribution >= 0.6 is 0 Å². The summed E-state index contributed by atoms with van der Waals surface area (Å²) in [5.74, 6) is -0.176. The van der Waals surface area contributed by atoms with Crippen LogP contribution in [0.3, 0.4) is 0 Å². The van der Waals surface area contributed by atoms with E-state index in [0.29, 0.717) is 11.3 Å². The summed E-state index contributed by atoms with van der Waals surface area (Å²) in [5.41, 5.74) is 1.99. The molecule has 0 radical (unpaired) electrons. The fraction of sp³-hybridized carbons (Fsp3) is 0.0625. The molecule has 100 valence electrons. The third kappa shape index (κ3) is 2.01. The molecule has 0 aliphatic heterocycles. The first-order valence-electron chi connectivity index (χ1n) is 6.30. The highest BCUT2D eigenvalue weighted by atomic mass is 16.3. The summed E-state index contributed by atoms with van der Waals surface area (Å²) < 4.78 is 1.91. The van der Waals surface area contributed by atoms with Crippen molar-refractivity contribution in [1.82, 2.24) is 4.57 Å². The highest BCUT2D eigenvalue weighted by Crippen LogP contribution is 2.25. The number of para-hydroxylation sites is 3. The van der Waals surface area contributed by atoms with Crippen LogP contribution in [0.4, 0.5) is 5.69 Å². The van der Waals surface area contributed by atoms with Gasteiger partial charge in [0.15, 0.2) is 0 Å². The van der Waals surface area contributed by atoms with Gasteiger partial charge >= 0.3 is 0 Å². The molecule has 0 saturated carbocycles. The maximum atomic E-state index is 12.4. The van der Waals surface area contributed by atoms with E-state index in [1.165, 1.54) is 0 Å². The van der Waals surface area contributed by atoms with Gasteiger partial charge in [0.25, 0.3) is 5.91 Å². The van der Waals surface area contributed by atoms with Gasteiger partial charge in [-0.1, -0.05) is 30.3 Å². The molecule has 0 atom stereocenters. The summed E-state index contributed by atoms with van der Waals surface area (Å²) >= 11 is 0. The van der Waals surface area contributed by atoms with Gasteiger partial charge in [-0.3, -0.25) is 4.79 Å². The molecule has 0 saturated heterocycles. The largest absolute Gasteiger partial charge is 0.506 e. The van der Waals surface area contributed by atoms with Gasteiger partial charge in [0.05, 0.1) is 11.3 Å². The summed E-state index contributed by atoms with van der Waals surface area (Å²) in [6.45, 7) is 0. The van der Waals surface area contributed by atoms with Gasteiger partial charge in [0.1, 0.15) is 5.75 Å². The zero-order chi connectivity index (χ0) is 14.1. The normalized spacial score (nSPS) is 10.7. The Hall–Kier alpha value is -2.75. The van der Waals surface area contributed by atoms with E-state index in [1.807, 2.05) is 35.9 Å². The summed E-state index contributed by atoms with van der Waals surface area (Å²) in [4.78, 5) is 12.4. The number of carbonyl (C=O) groups excluding carboxylic acids is 1. The van der Waals surface area contributed by atoms with Crippen molar-refractivity contribution >= 4 is 22.5 Å². The van der Waals surface area contributed by atoms with E-state index in [9.17, 15) is 9.90 Å². The molecule has 1 aromatic heterocycles. The number of anilines is 1. The SMILES string of the molecule is Cn1cc(C(=O)Nc2ccccc2O)c2ccccc21. The van der Waals surface area contributed by atoms with Crippen molar-refractivity contribution in [3.63, 3.8) is 0 Å². The van der Waals surface area contributed by atoms with E-state index in [0.717, 1.165) is 10.9 Å². The number of hydrogen-bond acceptors (Lipinski definition) is 2. The summed E-state index contributed by atoms with van der Waals surface area (Å²) in [5, 5.41) is 13.3. The Bertz CT molecular complexity index is 790. The third-order valence-electron chi connectivity index (χ3n) is 3.29. The number of phenolic OH excluding ortho intramolecular Hbond substituents is 1. The number of rotatable bonds is 2. The molecule has 3 rings (SSSR count). The van der Waals surface area contributed by atoms with Gasteiger partial charge in [0.2, 0.25) is 0 Å². The fourth-order valence-electron chi connectivity index (χ4n) is 2.29. The van der Waals surface area contributed by atoms with Crippen molar-refractivity contribution in [2.75, 3.05) is 5.32 Å². The van der Waals surface area contributed by atoms with Crippen LogP contribution in [-0.4, -0.2) is 15.6 Å². The van der Waals surface area contributed by atoms with Crippen molar-refractivity contribution < 1.29 is 9.90 Å². The van der Waals surface area contributed by atoms with E-state index >= 15 is 0 Å². The summed E-state index contributed by atoms with van der Waals surface area (Å²) in [7, 11) is 1.90. The van der Waals surface area contributed by atoms with Crippen LogP contribution in [0.2, 0.25) is 0 Å². The van der Waals surface area contributed by atoms with E-state index in [4.69, 9.17) is 0 Å². The van der Waals surface area contributed by atoms with Crippen molar-refractivity contribution in [3.05, 3.63) is 60.3 Å². The lowest BCUT2D eigenvalue weighted by molar-refractivity contribution is 0.102. The summed E-state index contributed by atoms with van der Waals surface area (Å²) in [6.07, 6.45) is 1.79. The number of phenols is 1. The smallest absolute Gasteiger partial charge is 0.257 e. The standard InChI is InChI=1S/C16H14N2O2/c1-18-10-12(11-6-2-4-8-14(11)18)16(20)17-13-7-3-5-9-15(13)19/h2-10,19H,1H3,(H,17,20). The lowest BCUT2D eigenvalue weighted by Gasteiger charge is -2.06. The van der Waals surface area contributed by atoms with Crippen molar-refractivity contribution in [2.24, 2.45) is 7.05 Å². The number of aromatic nitrogens is 1. The maximum Gasteiger partial charge on any atom is 0.257 e. The number of hydrogen-bond donors (Lipinski definition) is 2. The van der Waals surface area contributed by atoms with Gasteiger partial charge in [0, 0.05) is 24.1 Å². The predicted octanol–water partition coefficient (Wildman–Crippen LogP) is 3.14. The second-order valence-corrected chi connectivity index (χ2v) is 4.64. The number of amides is 1. The van der Waals surface area contributed by atoms with E-state index in [2.05, 4.69) is 5.32 Å². The molecule has 0 spiro atoms. The van der Waals surface area contributed by atoms with Gasteiger partial charge in [-0.2, -0.15) is 0 Å². The summed E-state index contributed by atoms with van der Waals surface area (Å²) in [6, 6.07) is 14.4. The first kappa shape index (κ1) is 12.3. The molecular weight excluding hydrogens is 252 g/mol. The molecule has 0 aliphatic rings. The Balaban J connectivity index is 2.00. The van der Waals surface area contributed by atoms with Crippen molar-refractivity contribution in [2.45, 2.75) is 0 Å². The first-order chi connectivity index (χ1) is 9.66. The average molecular weight is 266 g/mol. The molecule has 1 amide bonds. The topological polar surface area (TPSA) is 54.3 Å². The van der Waals surface area contributed by atoms with Crippen molar-refractivity contribution in [1.29, 1.82) is 0 Å². The molecule has 0 unspecified atom stereocenters. The first-order valence-corrected chi connectivity index (χ1v) is 6.30. The van der Waals surface area contributed by atoms with Crippen LogP contribution in [-0.2, 0) is 7.05 Å². The lowest BCUT2D eigenvalue weighted by Crippen LogP contribution is -2.11. The monoisotopic (exact) mass is 266 g/mol. The van der Waals surface area contributed by atoms with Crippen LogP contribution in [0.1, 0.15) is 10.4 Å². The number of nitrogens with zero attached hydrogens (tertiary/aromatic N) is 1. The Labute approximate surface area is 116 Å². The van der Waals surface area contributed by atoms with Crippen molar-refractivity contribution in [3.8, 4) is 5.75 Å². The molecule has 1 heterocycles. The fourth-order valence-corrected chi connectivity index (χ4v) is 2.29. The molecule has 4 nitrogen and oxygen atoms in total. The molecular formula is C16H14N2O2. The highest BCUT2D eigenvalue weighted by Gasteiger charge is 2.14. The number of aromatic hydroxyl groups is 1. The van der Waals surface area contributed by atoms with E-state index in [1.54, 1.807) is 30.5 Å². The van der Waals surface area contributed by atoms with Gasteiger partial charge in [-0.15, -0.1) is 0 Å². The zero-order valence-electron chi connectivity index (χ0n) is 11.0. The minimum atomic E-state index is -0.233. The van der Waals surface area contributed by atoms with Crippen LogP contribution in [0.15, 0.2) is 54.7 Å². The molecule has 0 aliphatic carbocycles. The molecule has 2 N–H and O–H groups in total. The second kappa shape index (κ2) is 4.74. The van der Waals surface area contributed by atoms with Gasteiger partial charge in [-0.05, 0) is 18.2 Å². The number of benzene rings is 2. The second-order valence-electron chi connectivity index (χ2n) is 4.64. The van der Waals surface area contributed by atoms with Crippen LogP contribution < -0.4 is 5.32 Å². The molecule has 20 heavy (non-hydrogen) atoms. The Morgan fingerprint density at radius 3 is 2.60 bits per heavy atom. The predicted molar refractivity (Wildman–Crippen MR) is 79.0 cm³/mol. The Kier molecular flexibility index (Phi) is 2.91. The third-order valence-corrected chi connectivity index (χ3v) is 3.29. The average Bonchev–Trinajstić information content (AvgIpc) is 2.79. The highest BCUT2D eigenvalue weighted by molar-refractivity contribution is 6.13. The molecule has 0 bridgehead atoms. The number of aryl methyl sites for hydroxylation is 1. The Morgan fingerprint density at radius 1 is 1.10 bits per heavy atom. The van der Waals surface area contributed by atoms with Crippen LogP contribution in [0.5, 0.6) is 5.75 Å². The minimum Gasteiger partial charge on any atom is -0.506 e. The van der Waals surface area contributed by atoms with Gasteiger partial charge in [-0.25, -0.2) is 0 Å². The molecule has 2 aromatic carbocycles. The zero-order valence-corrected chi connectivity index (χ0v) is 11.0. The van der Waals surface area contributed by atoms with Gasteiger partial charge < -0.3 is 15.0 Å². The quantitative estimate of drug-likeness (QED) is 0.700. The number of fused-ring (bicyclic) bond motifs is 1. The number of carbonyl (C=O) groups is 1. The number of nitrogens with one attached hydrogen (secondary N) is 1. The Morgan fingerprint density at radius 2 is 1.80 bits per heavy atom. The lowest BCUT2D eigenvalue weighted by atomic mass is 10.1. The maximum absolute atomic E-state index is 12.4. The molecule has 0 fully saturated rings. The van der Waals surface area contributed by atoms with Crippen LogP contribution in [0, 0.1) is 0 Å².